The lowest BCUT2D eigenvalue weighted by molar-refractivity contribution is 0.0881. The SMILES string of the molecule is NCCC1CN(Cc2ccc(-n3ccc(N)nc3=O)cc2)C1. The summed E-state index contributed by atoms with van der Waals surface area (Å²) in [5.74, 6) is 0.992. The highest BCUT2D eigenvalue weighted by Gasteiger charge is 2.25. The molecular weight excluding hydrogens is 278 g/mol. The Morgan fingerprint density at radius 2 is 1.91 bits per heavy atom. The molecule has 2 aromatic rings. The van der Waals surface area contributed by atoms with E-state index in [9.17, 15) is 4.79 Å². The third-order valence-corrected chi connectivity index (χ3v) is 4.05. The van der Waals surface area contributed by atoms with Crippen molar-refractivity contribution >= 4 is 5.82 Å². The lowest BCUT2D eigenvalue weighted by Gasteiger charge is -2.39. The predicted octanol–water partition coefficient (Wildman–Crippen LogP) is 0.595. The van der Waals surface area contributed by atoms with Crippen molar-refractivity contribution in [2.45, 2.75) is 13.0 Å². The molecule has 6 heteroatoms. The summed E-state index contributed by atoms with van der Waals surface area (Å²) in [5.41, 5.74) is 12.8. The van der Waals surface area contributed by atoms with Gasteiger partial charge in [-0.1, -0.05) is 12.1 Å². The third kappa shape index (κ3) is 3.18. The number of anilines is 1. The molecule has 3 rings (SSSR count). The Labute approximate surface area is 129 Å². The second-order valence-electron chi connectivity index (χ2n) is 5.81. The molecule has 1 fully saturated rings. The van der Waals surface area contributed by atoms with Gasteiger partial charge in [0, 0.05) is 25.8 Å². The summed E-state index contributed by atoms with van der Waals surface area (Å²) in [6, 6.07) is 9.59. The molecule has 1 aliphatic heterocycles. The predicted molar refractivity (Wildman–Crippen MR) is 86.7 cm³/mol. The average molecular weight is 299 g/mol. The maximum absolute atomic E-state index is 11.8. The molecule has 4 N–H and O–H groups in total. The summed E-state index contributed by atoms with van der Waals surface area (Å²) in [6.07, 6.45) is 2.76. The molecule has 1 aromatic heterocycles. The van der Waals surface area contributed by atoms with Gasteiger partial charge in [-0.15, -0.1) is 0 Å². The number of nitrogens with zero attached hydrogens (tertiary/aromatic N) is 3. The molecule has 1 saturated heterocycles. The highest BCUT2D eigenvalue weighted by Crippen LogP contribution is 2.21. The van der Waals surface area contributed by atoms with E-state index in [0.717, 1.165) is 44.2 Å². The van der Waals surface area contributed by atoms with Crippen LogP contribution in [-0.2, 0) is 6.54 Å². The minimum absolute atomic E-state index is 0.239. The molecule has 116 valence electrons. The van der Waals surface area contributed by atoms with E-state index in [1.54, 1.807) is 12.3 Å². The minimum Gasteiger partial charge on any atom is -0.383 e. The number of nitrogens with two attached hydrogens (primary N) is 2. The summed E-state index contributed by atoms with van der Waals surface area (Å²) in [5, 5.41) is 0. The van der Waals surface area contributed by atoms with Gasteiger partial charge < -0.3 is 11.5 Å². The first kappa shape index (κ1) is 14.7. The van der Waals surface area contributed by atoms with Crippen molar-refractivity contribution < 1.29 is 0 Å². The molecule has 0 spiro atoms. The minimum atomic E-state index is -0.361. The smallest absolute Gasteiger partial charge is 0.354 e. The quantitative estimate of drug-likeness (QED) is 0.843. The molecule has 2 heterocycles. The molecule has 0 unspecified atom stereocenters. The Kier molecular flexibility index (Phi) is 4.22. The summed E-state index contributed by atoms with van der Waals surface area (Å²) >= 11 is 0. The van der Waals surface area contributed by atoms with E-state index in [-0.39, 0.29) is 11.5 Å². The van der Waals surface area contributed by atoms with Gasteiger partial charge in [-0.3, -0.25) is 9.47 Å². The van der Waals surface area contributed by atoms with E-state index in [1.165, 1.54) is 10.1 Å². The molecule has 0 atom stereocenters. The second-order valence-corrected chi connectivity index (χ2v) is 5.81. The summed E-state index contributed by atoms with van der Waals surface area (Å²) < 4.78 is 1.49. The Balaban J connectivity index is 1.65. The molecule has 0 radical (unpaired) electrons. The fourth-order valence-corrected chi connectivity index (χ4v) is 2.86. The van der Waals surface area contributed by atoms with Gasteiger partial charge in [0.1, 0.15) is 5.82 Å². The number of likely N-dealkylation sites (tertiary alicyclic amines) is 1. The lowest BCUT2D eigenvalue weighted by atomic mass is 9.96. The van der Waals surface area contributed by atoms with Gasteiger partial charge in [0.25, 0.3) is 0 Å². The lowest BCUT2D eigenvalue weighted by Crippen LogP contribution is -2.46. The molecule has 0 amide bonds. The number of aromatic nitrogens is 2. The van der Waals surface area contributed by atoms with Gasteiger partial charge in [0.15, 0.2) is 0 Å². The van der Waals surface area contributed by atoms with Crippen LogP contribution in [0.3, 0.4) is 0 Å². The third-order valence-electron chi connectivity index (χ3n) is 4.05. The van der Waals surface area contributed by atoms with Gasteiger partial charge in [0.2, 0.25) is 0 Å². The summed E-state index contributed by atoms with van der Waals surface area (Å²) in [6.45, 7) is 3.97. The van der Waals surface area contributed by atoms with Crippen LogP contribution in [0.15, 0.2) is 41.3 Å². The largest absolute Gasteiger partial charge is 0.383 e. The van der Waals surface area contributed by atoms with Gasteiger partial charge in [-0.25, -0.2) is 4.79 Å². The van der Waals surface area contributed by atoms with Gasteiger partial charge in [-0.2, -0.15) is 4.98 Å². The molecule has 1 aliphatic rings. The zero-order valence-corrected chi connectivity index (χ0v) is 12.5. The fraction of sp³-hybridized carbons (Fsp3) is 0.375. The number of hydrogen-bond acceptors (Lipinski definition) is 5. The first-order valence-electron chi connectivity index (χ1n) is 7.52. The maximum atomic E-state index is 11.8. The van der Waals surface area contributed by atoms with E-state index in [1.807, 2.05) is 24.3 Å². The van der Waals surface area contributed by atoms with Gasteiger partial charge in [0.05, 0.1) is 5.69 Å². The van der Waals surface area contributed by atoms with Crippen LogP contribution in [0.25, 0.3) is 5.69 Å². The van der Waals surface area contributed by atoms with E-state index >= 15 is 0 Å². The van der Waals surface area contributed by atoms with Crippen molar-refractivity contribution in [3.8, 4) is 5.69 Å². The normalized spacial score (nSPS) is 15.7. The number of benzene rings is 1. The maximum Gasteiger partial charge on any atom is 0.354 e. The van der Waals surface area contributed by atoms with E-state index in [0.29, 0.717) is 0 Å². The molecule has 0 saturated carbocycles. The monoisotopic (exact) mass is 299 g/mol. The van der Waals surface area contributed by atoms with Crippen LogP contribution in [0.1, 0.15) is 12.0 Å². The van der Waals surface area contributed by atoms with E-state index < -0.39 is 0 Å². The Bertz CT molecular complexity index is 688. The van der Waals surface area contributed by atoms with Crippen LogP contribution in [0, 0.1) is 5.92 Å². The fourth-order valence-electron chi connectivity index (χ4n) is 2.86. The van der Waals surface area contributed by atoms with Crippen molar-refractivity contribution in [2.24, 2.45) is 11.7 Å². The number of nitrogen functional groups attached to an aromatic ring is 1. The Morgan fingerprint density at radius 1 is 1.18 bits per heavy atom. The van der Waals surface area contributed by atoms with Crippen LogP contribution in [-0.4, -0.2) is 34.1 Å². The zero-order chi connectivity index (χ0) is 15.5. The molecule has 6 nitrogen and oxygen atoms in total. The molecule has 22 heavy (non-hydrogen) atoms. The van der Waals surface area contributed by atoms with Crippen molar-refractivity contribution in [3.05, 3.63) is 52.6 Å². The van der Waals surface area contributed by atoms with Crippen LogP contribution < -0.4 is 17.2 Å². The zero-order valence-electron chi connectivity index (χ0n) is 12.5. The second kappa shape index (κ2) is 6.29. The standard InChI is InChI=1S/C16H21N5O/c17-7-5-13-10-20(11-13)9-12-1-3-14(4-2-12)21-8-6-15(18)19-16(21)22/h1-4,6,8,13H,5,7,9-11,17H2,(H2,18,19,22). The first-order valence-corrected chi connectivity index (χ1v) is 7.52. The van der Waals surface area contributed by atoms with Crippen LogP contribution >= 0.6 is 0 Å². The highest BCUT2D eigenvalue weighted by molar-refractivity contribution is 5.36. The van der Waals surface area contributed by atoms with Crippen LogP contribution in [0.2, 0.25) is 0 Å². The van der Waals surface area contributed by atoms with Gasteiger partial charge >= 0.3 is 5.69 Å². The van der Waals surface area contributed by atoms with Crippen molar-refractivity contribution in [3.63, 3.8) is 0 Å². The van der Waals surface area contributed by atoms with Crippen LogP contribution in [0.5, 0.6) is 0 Å². The van der Waals surface area contributed by atoms with Crippen LogP contribution in [0.4, 0.5) is 5.82 Å². The molecule has 1 aromatic carbocycles. The topological polar surface area (TPSA) is 90.2 Å². The Morgan fingerprint density at radius 3 is 2.55 bits per heavy atom. The number of rotatable bonds is 5. The Hall–Kier alpha value is -2.18. The number of hydrogen-bond donors (Lipinski definition) is 2. The first-order chi connectivity index (χ1) is 10.7. The van der Waals surface area contributed by atoms with Crippen molar-refractivity contribution in [1.82, 2.24) is 14.5 Å². The molecule has 0 aliphatic carbocycles. The average Bonchev–Trinajstić information content (AvgIpc) is 2.46. The van der Waals surface area contributed by atoms with E-state index in [4.69, 9.17) is 11.5 Å². The van der Waals surface area contributed by atoms with E-state index in [2.05, 4.69) is 9.88 Å². The summed E-state index contributed by atoms with van der Waals surface area (Å²) in [7, 11) is 0. The van der Waals surface area contributed by atoms with Gasteiger partial charge in [-0.05, 0) is 42.6 Å². The summed E-state index contributed by atoms with van der Waals surface area (Å²) in [4.78, 5) is 18.0. The van der Waals surface area contributed by atoms with Crippen molar-refractivity contribution in [1.29, 1.82) is 0 Å². The highest BCUT2D eigenvalue weighted by atomic mass is 16.1. The van der Waals surface area contributed by atoms with Crippen molar-refractivity contribution in [2.75, 3.05) is 25.4 Å². The molecule has 0 bridgehead atoms. The molecular formula is C16H21N5O.